The van der Waals surface area contributed by atoms with Gasteiger partial charge in [0.1, 0.15) is 18.1 Å². The van der Waals surface area contributed by atoms with E-state index in [0.717, 1.165) is 58.4 Å². The largest absolute Gasteiger partial charge is 0.493 e. The first kappa shape index (κ1) is 70.5. The number of nitrogens with one attached hydrogen (secondary N) is 2. The van der Waals surface area contributed by atoms with E-state index in [1.54, 1.807) is 80.1 Å². The van der Waals surface area contributed by atoms with E-state index in [4.69, 9.17) is 18.9 Å². The summed E-state index contributed by atoms with van der Waals surface area (Å²) in [6.45, 7) is 9.68. The first-order valence-corrected chi connectivity index (χ1v) is 35.0. The predicted molar refractivity (Wildman–Crippen MR) is 379 cm³/mol. The number of para-hydroxylation sites is 1. The van der Waals surface area contributed by atoms with Crippen LogP contribution < -0.4 is 34.6 Å². The summed E-state index contributed by atoms with van der Waals surface area (Å²) < 4.78 is 24.3. The predicted octanol–water partition coefficient (Wildman–Crippen LogP) is 10.9. The summed E-state index contributed by atoms with van der Waals surface area (Å²) in [5, 5.41) is 17.5. The molecule has 5 heterocycles. The van der Waals surface area contributed by atoms with Gasteiger partial charge in [0, 0.05) is 92.4 Å². The second-order valence-electron chi connectivity index (χ2n) is 28.0. The van der Waals surface area contributed by atoms with Crippen molar-refractivity contribution >= 4 is 69.9 Å². The molecule has 0 aromatic heterocycles. The molecule has 6 amide bonds. The summed E-state index contributed by atoms with van der Waals surface area (Å²) in [5.41, 5.74) is 10.2. The van der Waals surface area contributed by atoms with Crippen molar-refractivity contribution in [3.8, 4) is 29.1 Å². The highest BCUT2D eigenvalue weighted by atomic mass is 16.6. The summed E-state index contributed by atoms with van der Waals surface area (Å²) in [4.78, 5) is 129. The van der Waals surface area contributed by atoms with Crippen LogP contribution in [0.2, 0.25) is 0 Å². The molecule has 6 aromatic rings. The van der Waals surface area contributed by atoms with Gasteiger partial charge in [-0.25, -0.2) is 9.69 Å². The zero-order valence-corrected chi connectivity index (χ0v) is 58.1. The van der Waals surface area contributed by atoms with Gasteiger partial charge in [-0.3, -0.25) is 38.4 Å². The van der Waals surface area contributed by atoms with Crippen molar-refractivity contribution in [2.24, 2.45) is 17.3 Å². The van der Waals surface area contributed by atoms with Crippen LogP contribution in [0.1, 0.15) is 162 Å². The van der Waals surface area contributed by atoms with Crippen molar-refractivity contribution in [3.05, 3.63) is 189 Å². The number of carbonyl (C=O) groups excluding carboxylic acids is 9. The average molecular weight is 1370 g/mol. The maximum absolute atomic E-state index is 14.5. The summed E-state index contributed by atoms with van der Waals surface area (Å²) >= 11 is 0. The van der Waals surface area contributed by atoms with E-state index in [-0.39, 0.29) is 123 Å². The van der Waals surface area contributed by atoms with Gasteiger partial charge < -0.3 is 49.4 Å². The smallest absolute Gasteiger partial charge is 0.416 e. The van der Waals surface area contributed by atoms with E-state index in [0.29, 0.717) is 83.1 Å². The SMILES string of the molecule is COc1cc2c(cc1OCCCOc1cc3c(cc1C)C(=O)N1CC4(CC4)C[C@H]1[C@H](O)N3C(=O)OCc1ccc(CC(=O)[C@H](C)NC(=O)[C@@H](CC(=O)CNC(=O)CCC(=O)CCC(=O)N3Cc4ccccc4C#Cc4ccccc43)C(C)C)cc1)CC[C@@H]1CC(c3ccc(C)cc3)=CN1C2=O. The van der Waals surface area contributed by atoms with E-state index < -0.39 is 47.9 Å². The number of rotatable bonds is 26. The molecule has 5 atom stereocenters. The third-order valence-electron chi connectivity index (χ3n) is 20.4. The standard InChI is InChI=1S/C81H86N6O14/c1-49(2)64(40-63(89)44-82-74(91)30-28-62(88)29-31-75(92)85-45-59-14-8-7-12-55(59)24-25-57-13-9-10-15-67(57)85)76(93)83-52(5)70(90)37-53-18-20-54(21-19-53)47-101-80(97)87-68-42-71(51(4)36-66(68)78(95)86-48-81(32-33-81)43-69(86)79(87)96)99-34-11-35-100-73-39-58-26-27-61-38-60(56-22-16-50(3)17-23-56)46-84(61)77(94)65(58)41-72(73)98-6/h7-10,12-23,36,39,41-42,46,49,52,61,64,69,79,96H,11,26-35,37-38,40,43-45,47-48H2,1-6H3,(H,82,91)(H,83,93)/t52-,61+,64-,69-,79-/m0/s1. The zero-order chi connectivity index (χ0) is 71.2. The van der Waals surface area contributed by atoms with Crippen molar-refractivity contribution in [2.75, 3.05) is 43.2 Å². The molecule has 0 bridgehead atoms. The Morgan fingerprint density at radius 1 is 0.723 bits per heavy atom. The minimum absolute atomic E-state index is 0.0443. The number of benzene rings is 6. The highest BCUT2D eigenvalue weighted by molar-refractivity contribution is 6.06. The summed E-state index contributed by atoms with van der Waals surface area (Å²) in [6.07, 6.45) is 4.10. The van der Waals surface area contributed by atoms with Crippen LogP contribution in [0.3, 0.4) is 0 Å². The third-order valence-corrected chi connectivity index (χ3v) is 20.4. The van der Waals surface area contributed by atoms with Crippen molar-refractivity contribution in [2.45, 2.75) is 156 Å². The van der Waals surface area contributed by atoms with Crippen LogP contribution in [0.25, 0.3) is 5.57 Å². The molecular formula is C81H86N6O14. The Kier molecular flexibility index (Phi) is 21.4. The molecule has 524 valence electrons. The topological polar surface area (TPSA) is 248 Å². The van der Waals surface area contributed by atoms with Crippen LogP contribution in [0.5, 0.6) is 17.2 Å². The van der Waals surface area contributed by atoms with Crippen LogP contribution in [-0.2, 0) is 59.5 Å². The van der Waals surface area contributed by atoms with Gasteiger partial charge in [-0.1, -0.05) is 110 Å². The normalized spacial score (nSPS) is 18.1. The van der Waals surface area contributed by atoms with E-state index in [1.165, 1.54) is 5.56 Å². The molecule has 0 radical (unpaired) electrons. The Morgan fingerprint density at radius 2 is 1.43 bits per heavy atom. The van der Waals surface area contributed by atoms with E-state index in [1.807, 2.05) is 72.6 Å². The lowest BCUT2D eigenvalue weighted by molar-refractivity contribution is -0.133. The number of nitrogens with zero attached hydrogens (tertiary/aromatic N) is 4. The van der Waals surface area contributed by atoms with E-state index in [2.05, 4.69) is 53.7 Å². The van der Waals surface area contributed by atoms with Gasteiger partial charge >= 0.3 is 6.09 Å². The molecule has 2 fully saturated rings. The molecule has 1 spiro atoms. The second-order valence-corrected chi connectivity index (χ2v) is 28.0. The Balaban J connectivity index is 0.599. The zero-order valence-electron chi connectivity index (χ0n) is 58.1. The average Bonchev–Trinajstić information content (AvgIpc) is 1.57. The molecule has 20 nitrogen and oxygen atoms in total. The molecule has 1 aliphatic carbocycles. The number of aliphatic hydroxyl groups is 1. The van der Waals surface area contributed by atoms with Gasteiger partial charge in [0.15, 0.2) is 29.3 Å². The summed E-state index contributed by atoms with van der Waals surface area (Å²) in [6, 6.07) is 35.6. The van der Waals surface area contributed by atoms with Crippen LogP contribution in [0, 0.1) is 42.9 Å². The molecule has 6 aromatic carbocycles. The number of carbonyl (C=O) groups is 9. The highest BCUT2D eigenvalue weighted by Crippen LogP contribution is 2.57. The number of Topliss-reactive ketones (excluding diaryl/α,β-unsaturated/α-hetero) is 3. The van der Waals surface area contributed by atoms with Crippen molar-refractivity contribution in [3.63, 3.8) is 0 Å². The molecule has 1 saturated carbocycles. The summed E-state index contributed by atoms with van der Waals surface area (Å²) in [5.74, 6) is 4.03. The van der Waals surface area contributed by atoms with Gasteiger partial charge in [0.25, 0.3) is 11.8 Å². The maximum atomic E-state index is 14.5. The molecule has 6 aliphatic rings. The van der Waals surface area contributed by atoms with E-state index in [9.17, 15) is 48.3 Å². The van der Waals surface area contributed by atoms with Crippen LogP contribution in [-0.4, -0.2) is 126 Å². The highest BCUT2D eigenvalue weighted by Gasteiger charge is 2.58. The fourth-order valence-electron chi connectivity index (χ4n) is 14.2. The lowest BCUT2D eigenvalue weighted by Crippen LogP contribution is -2.50. The fourth-order valence-corrected chi connectivity index (χ4v) is 14.2. The van der Waals surface area contributed by atoms with Gasteiger partial charge in [0.05, 0.1) is 62.4 Å². The Morgan fingerprint density at radius 3 is 2.17 bits per heavy atom. The Labute approximate surface area is 588 Å². The lowest BCUT2D eigenvalue weighted by Gasteiger charge is -2.31. The van der Waals surface area contributed by atoms with Crippen molar-refractivity contribution in [1.29, 1.82) is 0 Å². The first-order valence-electron chi connectivity index (χ1n) is 35.0. The number of anilines is 2. The molecule has 101 heavy (non-hydrogen) atoms. The van der Waals surface area contributed by atoms with E-state index >= 15 is 0 Å². The first-order chi connectivity index (χ1) is 48.6. The lowest BCUT2D eigenvalue weighted by atomic mass is 9.89. The van der Waals surface area contributed by atoms with Crippen molar-refractivity contribution < 1.29 is 67.2 Å². The molecule has 12 rings (SSSR count). The number of methoxy groups -OCH3 is 1. The van der Waals surface area contributed by atoms with Crippen molar-refractivity contribution in [1.82, 2.24) is 20.4 Å². The Hall–Kier alpha value is -10.4. The monoisotopic (exact) mass is 1370 g/mol. The molecule has 3 N–H and O–H groups in total. The minimum atomic E-state index is -1.43. The molecule has 20 heteroatoms. The summed E-state index contributed by atoms with van der Waals surface area (Å²) in [7, 11) is 1.55. The Bertz CT molecular complexity index is 4330. The number of amides is 6. The quantitative estimate of drug-likeness (QED) is 0.0338. The fraction of sp³-hybridized carbons (Fsp3) is 0.395. The number of aliphatic hydroxyl groups excluding tert-OH is 1. The molecule has 1 saturated heterocycles. The van der Waals surface area contributed by atoms with Crippen LogP contribution in [0.15, 0.2) is 128 Å². The molecular weight excluding hydrogens is 1280 g/mol. The number of hydrogen-bond acceptors (Lipinski definition) is 14. The second kappa shape index (κ2) is 30.6. The minimum Gasteiger partial charge on any atom is -0.493 e. The third kappa shape index (κ3) is 16.1. The number of ether oxygens (including phenoxy) is 4. The van der Waals surface area contributed by atoms with Gasteiger partial charge in [-0.05, 0) is 146 Å². The number of aryl methyl sites for hydroxylation is 3. The number of ketones is 3. The molecule has 0 unspecified atom stereocenters. The molecule has 5 aliphatic heterocycles. The number of fused-ring (bicyclic) bond motifs is 6. The maximum Gasteiger partial charge on any atom is 0.416 e. The van der Waals surface area contributed by atoms with Gasteiger partial charge in [-0.2, -0.15) is 0 Å². The van der Waals surface area contributed by atoms with Crippen LogP contribution in [0.4, 0.5) is 16.2 Å². The number of hydrogen-bond donors (Lipinski definition) is 3. The van der Waals surface area contributed by atoms with Crippen LogP contribution >= 0.6 is 0 Å². The van der Waals surface area contributed by atoms with Gasteiger partial charge in [0.2, 0.25) is 17.7 Å². The van der Waals surface area contributed by atoms with Gasteiger partial charge in [-0.15, -0.1) is 0 Å².